The fourth-order valence-electron chi connectivity index (χ4n) is 1.67. The number of carbonyl (C=O) groups excluding carboxylic acids is 1. The molecule has 0 bridgehead atoms. The van der Waals surface area contributed by atoms with E-state index in [2.05, 4.69) is 9.72 Å². The lowest BCUT2D eigenvalue weighted by Crippen LogP contribution is -2.07. The zero-order valence-corrected chi connectivity index (χ0v) is 9.78. The van der Waals surface area contributed by atoms with Gasteiger partial charge in [-0.1, -0.05) is 12.1 Å². The fourth-order valence-corrected chi connectivity index (χ4v) is 1.67. The maximum atomic E-state index is 13.7. The Bertz CT molecular complexity index is 644. The minimum absolute atomic E-state index is 0.223. The van der Waals surface area contributed by atoms with Gasteiger partial charge in [0.1, 0.15) is 0 Å². The van der Waals surface area contributed by atoms with Gasteiger partial charge in [0.2, 0.25) is 5.95 Å². The van der Waals surface area contributed by atoms with E-state index in [1.165, 1.54) is 12.1 Å². The van der Waals surface area contributed by atoms with E-state index in [1.807, 2.05) is 0 Å². The van der Waals surface area contributed by atoms with Crippen LogP contribution in [0.5, 0.6) is 0 Å². The van der Waals surface area contributed by atoms with Crippen molar-refractivity contribution < 1.29 is 22.7 Å². The first-order valence-electron chi connectivity index (χ1n) is 5.23. The molecule has 0 aliphatic carbocycles. The van der Waals surface area contributed by atoms with Gasteiger partial charge in [-0.25, -0.2) is 18.6 Å². The highest BCUT2D eigenvalue weighted by Crippen LogP contribution is 2.29. The molecule has 0 spiro atoms. The van der Waals surface area contributed by atoms with Crippen molar-refractivity contribution in [2.24, 2.45) is 0 Å². The summed E-state index contributed by atoms with van der Waals surface area (Å²) >= 11 is 0. The molecule has 1 heterocycles. The van der Waals surface area contributed by atoms with Crippen molar-refractivity contribution in [1.29, 1.82) is 0 Å². The summed E-state index contributed by atoms with van der Waals surface area (Å²) in [5.74, 6) is -4.33. The maximum absolute atomic E-state index is 13.7. The first-order chi connectivity index (χ1) is 9.06. The molecule has 0 saturated carbocycles. The highest BCUT2D eigenvalue weighted by molar-refractivity contribution is 5.97. The van der Waals surface area contributed by atoms with Crippen LogP contribution in [0.25, 0.3) is 11.1 Å². The zero-order chi connectivity index (χ0) is 14.0. The van der Waals surface area contributed by atoms with Crippen LogP contribution in [0, 0.1) is 17.6 Å². The molecule has 0 radical (unpaired) electrons. The second-order valence-electron chi connectivity index (χ2n) is 3.62. The number of hydrogen-bond donors (Lipinski definition) is 0. The van der Waals surface area contributed by atoms with Gasteiger partial charge < -0.3 is 4.74 Å². The Morgan fingerprint density at radius 2 is 1.95 bits per heavy atom. The number of nitrogens with zero attached hydrogens (tertiary/aromatic N) is 1. The normalized spacial score (nSPS) is 10.3. The van der Waals surface area contributed by atoms with Gasteiger partial charge in [0.15, 0.2) is 11.6 Å². The summed E-state index contributed by atoms with van der Waals surface area (Å²) in [6.07, 6.45) is 1.04. The van der Waals surface area contributed by atoms with Crippen LogP contribution in [0.2, 0.25) is 0 Å². The number of methoxy groups -OCH3 is 1. The van der Waals surface area contributed by atoms with Gasteiger partial charge >= 0.3 is 5.97 Å². The van der Waals surface area contributed by atoms with Crippen molar-refractivity contribution in [3.63, 3.8) is 0 Å². The molecule has 98 valence electrons. The smallest absolute Gasteiger partial charge is 0.338 e. The molecule has 0 unspecified atom stereocenters. The molecule has 0 atom stereocenters. The predicted octanol–water partition coefficient (Wildman–Crippen LogP) is 2.95. The first-order valence-corrected chi connectivity index (χ1v) is 5.23. The molecular formula is C13H8F3NO2. The highest BCUT2D eigenvalue weighted by Gasteiger charge is 2.22. The third kappa shape index (κ3) is 2.29. The van der Waals surface area contributed by atoms with Crippen molar-refractivity contribution in [1.82, 2.24) is 4.98 Å². The van der Waals surface area contributed by atoms with Gasteiger partial charge in [-0.3, -0.25) is 0 Å². The zero-order valence-electron chi connectivity index (χ0n) is 9.78. The molecule has 6 heteroatoms. The maximum Gasteiger partial charge on any atom is 0.338 e. The van der Waals surface area contributed by atoms with Crippen LogP contribution < -0.4 is 0 Å². The van der Waals surface area contributed by atoms with E-state index in [1.54, 1.807) is 0 Å². The molecule has 0 fully saturated rings. The number of aromatic nitrogens is 1. The van der Waals surface area contributed by atoms with E-state index in [4.69, 9.17) is 0 Å². The molecule has 0 N–H and O–H groups in total. The second kappa shape index (κ2) is 5.09. The van der Waals surface area contributed by atoms with Crippen LogP contribution >= 0.6 is 0 Å². The SMILES string of the molecule is COC(=O)c1ccnc(F)c1-c1cccc(F)c1F. The molecule has 19 heavy (non-hydrogen) atoms. The summed E-state index contributed by atoms with van der Waals surface area (Å²) in [4.78, 5) is 14.9. The van der Waals surface area contributed by atoms with E-state index in [0.717, 1.165) is 25.4 Å². The van der Waals surface area contributed by atoms with Crippen molar-refractivity contribution >= 4 is 5.97 Å². The summed E-state index contributed by atoms with van der Waals surface area (Å²) in [6, 6.07) is 4.44. The number of ether oxygens (including phenoxy) is 1. The Morgan fingerprint density at radius 1 is 1.21 bits per heavy atom. The number of carbonyl (C=O) groups is 1. The molecule has 2 aromatic rings. The molecule has 0 aliphatic heterocycles. The third-order valence-electron chi connectivity index (χ3n) is 2.53. The monoisotopic (exact) mass is 267 g/mol. The number of hydrogen-bond acceptors (Lipinski definition) is 3. The Kier molecular flexibility index (Phi) is 3.50. The van der Waals surface area contributed by atoms with Gasteiger partial charge in [0, 0.05) is 11.8 Å². The van der Waals surface area contributed by atoms with E-state index >= 15 is 0 Å². The summed E-state index contributed by atoms with van der Waals surface area (Å²) in [7, 11) is 1.10. The molecule has 0 saturated heterocycles. The topological polar surface area (TPSA) is 39.2 Å². The van der Waals surface area contributed by atoms with Crippen LogP contribution in [-0.2, 0) is 4.74 Å². The van der Waals surface area contributed by atoms with Crippen LogP contribution in [0.1, 0.15) is 10.4 Å². The van der Waals surface area contributed by atoms with Gasteiger partial charge in [-0.2, -0.15) is 4.39 Å². The summed E-state index contributed by atoms with van der Waals surface area (Å²) in [5.41, 5.74) is -1.03. The summed E-state index contributed by atoms with van der Waals surface area (Å²) < 4.78 is 45.1. The minimum atomic E-state index is -1.25. The first kappa shape index (κ1) is 13.1. The summed E-state index contributed by atoms with van der Waals surface area (Å²) in [5, 5.41) is 0. The molecule has 3 nitrogen and oxygen atoms in total. The van der Waals surface area contributed by atoms with E-state index in [9.17, 15) is 18.0 Å². The van der Waals surface area contributed by atoms with Crippen LogP contribution in [0.3, 0.4) is 0 Å². The fraction of sp³-hybridized carbons (Fsp3) is 0.0769. The Labute approximate surface area is 106 Å². The number of benzene rings is 1. The van der Waals surface area contributed by atoms with E-state index in [-0.39, 0.29) is 11.1 Å². The largest absolute Gasteiger partial charge is 0.465 e. The van der Waals surface area contributed by atoms with Crippen LogP contribution in [0.4, 0.5) is 13.2 Å². The van der Waals surface area contributed by atoms with Gasteiger partial charge in [0.25, 0.3) is 0 Å². The molecule has 1 aromatic heterocycles. The minimum Gasteiger partial charge on any atom is -0.465 e. The number of pyridine rings is 1. The van der Waals surface area contributed by atoms with E-state index < -0.39 is 29.1 Å². The van der Waals surface area contributed by atoms with Gasteiger partial charge in [-0.15, -0.1) is 0 Å². The lowest BCUT2D eigenvalue weighted by Gasteiger charge is -2.09. The average molecular weight is 267 g/mol. The van der Waals surface area contributed by atoms with Crippen molar-refractivity contribution in [3.8, 4) is 11.1 Å². The Balaban J connectivity index is 2.74. The van der Waals surface area contributed by atoms with E-state index in [0.29, 0.717) is 0 Å². The average Bonchev–Trinajstić information content (AvgIpc) is 2.41. The van der Waals surface area contributed by atoms with Crippen LogP contribution in [0.15, 0.2) is 30.5 Å². The quantitative estimate of drug-likeness (QED) is 0.620. The van der Waals surface area contributed by atoms with Gasteiger partial charge in [0.05, 0.1) is 18.2 Å². The summed E-state index contributed by atoms with van der Waals surface area (Å²) in [6.45, 7) is 0. The molecule has 1 aromatic carbocycles. The highest BCUT2D eigenvalue weighted by atomic mass is 19.2. The standard InChI is InChI=1S/C13H8F3NO2/c1-19-13(18)8-5-6-17-12(16)10(8)7-3-2-4-9(14)11(7)15/h2-6H,1H3. The lowest BCUT2D eigenvalue weighted by molar-refractivity contribution is 0.0601. The molecule has 0 amide bonds. The predicted molar refractivity (Wildman–Crippen MR) is 60.9 cm³/mol. The van der Waals surface area contributed by atoms with Crippen LogP contribution in [-0.4, -0.2) is 18.1 Å². The number of esters is 1. The third-order valence-corrected chi connectivity index (χ3v) is 2.53. The molecular weight excluding hydrogens is 259 g/mol. The Morgan fingerprint density at radius 3 is 2.63 bits per heavy atom. The molecule has 0 aliphatic rings. The van der Waals surface area contributed by atoms with Crippen molar-refractivity contribution in [2.75, 3.05) is 7.11 Å². The lowest BCUT2D eigenvalue weighted by atomic mass is 10.0. The van der Waals surface area contributed by atoms with Gasteiger partial charge in [-0.05, 0) is 12.1 Å². The number of halogens is 3. The van der Waals surface area contributed by atoms with Crippen molar-refractivity contribution in [2.45, 2.75) is 0 Å². The molecule has 2 rings (SSSR count). The number of rotatable bonds is 2. The second-order valence-corrected chi connectivity index (χ2v) is 3.62. The van der Waals surface area contributed by atoms with Crippen molar-refractivity contribution in [3.05, 3.63) is 53.6 Å². The Hall–Kier alpha value is -2.37.